The number of amides is 1. The highest BCUT2D eigenvalue weighted by Crippen LogP contribution is 2.27. The molecule has 23 heavy (non-hydrogen) atoms. The van der Waals surface area contributed by atoms with Crippen molar-refractivity contribution in [3.63, 3.8) is 0 Å². The number of aryl methyl sites for hydroxylation is 2. The molecule has 1 aromatic rings. The molecule has 1 aromatic heterocycles. The van der Waals surface area contributed by atoms with Gasteiger partial charge >= 0.3 is 0 Å². The van der Waals surface area contributed by atoms with Gasteiger partial charge in [-0.05, 0) is 38.5 Å². The summed E-state index contributed by atoms with van der Waals surface area (Å²) in [5, 5.41) is 0. The van der Waals surface area contributed by atoms with Crippen LogP contribution < -0.4 is 4.72 Å². The molecule has 0 aliphatic carbocycles. The summed E-state index contributed by atoms with van der Waals surface area (Å²) in [6, 6.07) is 1.42. The normalized spacial score (nSPS) is 22.3. The molecule has 0 spiro atoms. The molecule has 1 N–H and O–H groups in total. The molecule has 1 saturated heterocycles. The van der Waals surface area contributed by atoms with Crippen LogP contribution in [0.3, 0.4) is 0 Å². The van der Waals surface area contributed by atoms with Crippen molar-refractivity contribution in [2.45, 2.75) is 58.0 Å². The lowest BCUT2D eigenvalue weighted by atomic mass is 9.88. The van der Waals surface area contributed by atoms with Crippen LogP contribution in [0.1, 0.15) is 44.6 Å². The molecule has 0 radical (unpaired) electrons. The van der Waals surface area contributed by atoms with Crippen LogP contribution in [0.4, 0.5) is 0 Å². The minimum absolute atomic E-state index is 0.0235. The molecule has 2 atom stereocenters. The summed E-state index contributed by atoms with van der Waals surface area (Å²) in [6.07, 6.45) is 1.90. The standard InChI is InChI=1S/C16H25NO5S/c1-10(2)14-8-13(5-6-21-14)9-16(18)17-23(19,20)15-7-11(3)22-12(15)4/h7,10,13-14H,5-6,8-9H2,1-4H3,(H,17,18). The summed E-state index contributed by atoms with van der Waals surface area (Å²) < 4.78 is 37.6. The Morgan fingerprint density at radius 1 is 1.39 bits per heavy atom. The second kappa shape index (κ2) is 7.05. The fourth-order valence-corrected chi connectivity index (χ4v) is 4.17. The van der Waals surface area contributed by atoms with Crippen molar-refractivity contribution in [2.75, 3.05) is 6.61 Å². The second-order valence-corrected chi connectivity index (χ2v) is 8.20. The molecule has 1 fully saturated rings. The molecule has 2 rings (SSSR count). The number of sulfonamides is 1. The average Bonchev–Trinajstić information content (AvgIpc) is 2.78. The molecule has 1 aliphatic rings. The zero-order valence-corrected chi connectivity index (χ0v) is 14.9. The van der Waals surface area contributed by atoms with E-state index in [0.29, 0.717) is 18.3 Å². The van der Waals surface area contributed by atoms with Crippen molar-refractivity contribution in [3.05, 3.63) is 17.6 Å². The van der Waals surface area contributed by atoms with Crippen molar-refractivity contribution >= 4 is 15.9 Å². The van der Waals surface area contributed by atoms with Gasteiger partial charge in [-0.2, -0.15) is 0 Å². The van der Waals surface area contributed by atoms with E-state index in [1.54, 1.807) is 13.8 Å². The molecule has 1 aliphatic heterocycles. The lowest BCUT2D eigenvalue weighted by Gasteiger charge is -2.31. The maximum atomic E-state index is 12.3. The van der Waals surface area contributed by atoms with E-state index in [1.807, 2.05) is 0 Å². The molecule has 6 nitrogen and oxygen atoms in total. The van der Waals surface area contributed by atoms with E-state index in [1.165, 1.54) is 6.07 Å². The number of ether oxygens (including phenoxy) is 1. The summed E-state index contributed by atoms with van der Waals surface area (Å²) in [5.41, 5.74) is 0. The fraction of sp³-hybridized carbons (Fsp3) is 0.688. The van der Waals surface area contributed by atoms with Gasteiger partial charge in [0.1, 0.15) is 16.4 Å². The van der Waals surface area contributed by atoms with E-state index >= 15 is 0 Å². The molecule has 130 valence electrons. The predicted molar refractivity (Wildman–Crippen MR) is 85.4 cm³/mol. The van der Waals surface area contributed by atoms with Crippen LogP contribution in [0.2, 0.25) is 0 Å². The van der Waals surface area contributed by atoms with Crippen LogP contribution in [0.25, 0.3) is 0 Å². The Balaban J connectivity index is 1.98. The Morgan fingerprint density at radius 3 is 2.65 bits per heavy atom. The summed E-state index contributed by atoms with van der Waals surface area (Å²) in [5.74, 6) is 0.852. The predicted octanol–water partition coefficient (Wildman–Crippen LogP) is 2.54. The molecule has 0 aromatic carbocycles. The maximum absolute atomic E-state index is 12.3. The van der Waals surface area contributed by atoms with Crippen LogP contribution >= 0.6 is 0 Å². The first-order valence-corrected chi connectivity index (χ1v) is 9.41. The Hall–Kier alpha value is -1.34. The highest BCUT2D eigenvalue weighted by molar-refractivity contribution is 7.90. The van der Waals surface area contributed by atoms with Crippen molar-refractivity contribution < 1.29 is 22.4 Å². The minimum Gasteiger partial charge on any atom is -0.465 e. The van der Waals surface area contributed by atoms with Crippen LogP contribution in [0, 0.1) is 25.7 Å². The van der Waals surface area contributed by atoms with E-state index in [9.17, 15) is 13.2 Å². The summed E-state index contributed by atoms with van der Waals surface area (Å²) in [6.45, 7) is 8.02. The van der Waals surface area contributed by atoms with Gasteiger partial charge in [-0.1, -0.05) is 13.8 Å². The first kappa shape index (κ1) is 18.0. The van der Waals surface area contributed by atoms with Gasteiger partial charge in [0.25, 0.3) is 10.0 Å². The Labute approximate surface area is 137 Å². The van der Waals surface area contributed by atoms with Gasteiger partial charge in [0.2, 0.25) is 5.91 Å². The third-order valence-corrected chi connectivity index (χ3v) is 5.66. The second-order valence-electron chi connectivity index (χ2n) is 6.55. The molecule has 2 heterocycles. The molecular weight excluding hydrogens is 318 g/mol. The van der Waals surface area contributed by atoms with Crippen molar-refractivity contribution in [2.24, 2.45) is 11.8 Å². The Bertz CT molecular complexity index is 662. The Kier molecular flexibility index (Phi) is 5.52. The summed E-state index contributed by atoms with van der Waals surface area (Å²) in [4.78, 5) is 12.2. The first-order chi connectivity index (χ1) is 10.7. The van der Waals surface area contributed by atoms with Crippen LogP contribution in [-0.2, 0) is 19.6 Å². The highest BCUT2D eigenvalue weighted by Gasteiger charge is 2.28. The van der Waals surface area contributed by atoms with Crippen LogP contribution in [0.15, 0.2) is 15.4 Å². The quantitative estimate of drug-likeness (QED) is 0.888. The smallest absolute Gasteiger partial charge is 0.267 e. The molecule has 0 saturated carbocycles. The zero-order chi connectivity index (χ0) is 17.2. The van der Waals surface area contributed by atoms with Gasteiger partial charge in [0.05, 0.1) is 6.10 Å². The lowest BCUT2D eigenvalue weighted by molar-refractivity contribution is -0.121. The largest absolute Gasteiger partial charge is 0.465 e. The zero-order valence-electron chi connectivity index (χ0n) is 14.1. The van der Waals surface area contributed by atoms with E-state index in [-0.39, 0.29) is 29.1 Å². The fourth-order valence-electron chi connectivity index (χ4n) is 2.93. The molecule has 2 unspecified atom stereocenters. The van der Waals surface area contributed by atoms with Crippen molar-refractivity contribution in [3.8, 4) is 0 Å². The van der Waals surface area contributed by atoms with E-state index in [2.05, 4.69) is 18.6 Å². The number of rotatable bonds is 5. The molecule has 1 amide bonds. The number of nitrogens with one attached hydrogen (secondary N) is 1. The average molecular weight is 343 g/mol. The van der Waals surface area contributed by atoms with Crippen LogP contribution in [-0.4, -0.2) is 27.0 Å². The van der Waals surface area contributed by atoms with Gasteiger partial charge in [0, 0.05) is 19.1 Å². The van der Waals surface area contributed by atoms with Crippen molar-refractivity contribution in [1.82, 2.24) is 4.72 Å². The third-order valence-electron chi connectivity index (χ3n) is 4.17. The van der Waals surface area contributed by atoms with Gasteiger partial charge in [-0.3, -0.25) is 4.79 Å². The third kappa shape index (κ3) is 4.57. The number of furan rings is 1. The number of hydrogen-bond acceptors (Lipinski definition) is 5. The highest BCUT2D eigenvalue weighted by atomic mass is 32.2. The maximum Gasteiger partial charge on any atom is 0.267 e. The minimum atomic E-state index is -3.87. The van der Waals surface area contributed by atoms with Gasteiger partial charge < -0.3 is 9.15 Å². The number of carbonyl (C=O) groups excluding carboxylic acids is 1. The number of hydrogen-bond donors (Lipinski definition) is 1. The van der Waals surface area contributed by atoms with Gasteiger partial charge in [0.15, 0.2) is 0 Å². The lowest BCUT2D eigenvalue weighted by Crippen LogP contribution is -2.35. The molecule has 7 heteroatoms. The molecule has 0 bridgehead atoms. The first-order valence-electron chi connectivity index (χ1n) is 7.93. The number of carbonyl (C=O) groups is 1. The van der Waals surface area contributed by atoms with Gasteiger partial charge in [-0.25, -0.2) is 13.1 Å². The van der Waals surface area contributed by atoms with E-state index < -0.39 is 15.9 Å². The SMILES string of the molecule is Cc1cc(S(=O)(=O)NC(=O)CC2CCOC(C(C)C)C2)c(C)o1. The van der Waals surface area contributed by atoms with E-state index in [0.717, 1.165) is 12.8 Å². The summed E-state index contributed by atoms with van der Waals surface area (Å²) in [7, 11) is -3.87. The van der Waals surface area contributed by atoms with Gasteiger partial charge in [-0.15, -0.1) is 0 Å². The Morgan fingerprint density at radius 2 is 2.09 bits per heavy atom. The monoisotopic (exact) mass is 343 g/mol. The molecular formula is C16H25NO5S. The topological polar surface area (TPSA) is 85.6 Å². The van der Waals surface area contributed by atoms with Crippen LogP contribution in [0.5, 0.6) is 0 Å². The van der Waals surface area contributed by atoms with E-state index in [4.69, 9.17) is 9.15 Å². The van der Waals surface area contributed by atoms with Crippen molar-refractivity contribution in [1.29, 1.82) is 0 Å². The summed E-state index contributed by atoms with van der Waals surface area (Å²) >= 11 is 0.